The van der Waals surface area contributed by atoms with Gasteiger partial charge in [-0.3, -0.25) is 0 Å². The Morgan fingerprint density at radius 1 is 1.40 bits per heavy atom. The normalized spacial score (nSPS) is 17.6. The Morgan fingerprint density at radius 2 is 2.05 bits per heavy atom. The molecule has 5 nitrogen and oxygen atoms in total. The zero-order chi connectivity index (χ0) is 14.4. The van der Waals surface area contributed by atoms with Gasteiger partial charge in [-0.2, -0.15) is 0 Å². The second kappa shape index (κ2) is 7.52. The van der Waals surface area contributed by atoms with E-state index in [1.807, 2.05) is 42.3 Å². The number of hydrogen-bond donors (Lipinski definition) is 1. The van der Waals surface area contributed by atoms with Crippen LogP contribution >= 0.6 is 11.8 Å². The number of ether oxygens (including phenoxy) is 1. The van der Waals surface area contributed by atoms with Gasteiger partial charge in [0, 0.05) is 23.7 Å². The average Bonchev–Trinajstić information content (AvgIpc) is 2.47. The van der Waals surface area contributed by atoms with Crippen molar-refractivity contribution in [2.75, 3.05) is 32.1 Å². The van der Waals surface area contributed by atoms with Crippen LogP contribution in [0.25, 0.3) is 0 Å². The van der Waals surface area contributed by atoms with Gasteiger partial charge in [-0.25, -0.2) is 14.8 Å². The Bertz CT molecular complexity index is 424. The largest absolute Gasteiger partial charge is 0.464 e. The first-order chi connectivity index (χ1) is 9.68. The average molecular weight is 296 g/mol. The highest BCUT2D eigenvalue weighted by Crippen LogP contribution is 2.21. The second-order valence-electron chi connectivity index (χ2n) is 4.67. The molecule has 2 rings (SSSR count). The van der Waals surface area contributed by atoms with Gasteiger partial charge in [0.25, 0.3) is 0 Å². The molecule has 1 N–H and O–H groups in total. The molecule has 0 aromatic heterocycles. The third-order valence-corrected chi connectivity index (χ3v) is 4.39. The Kier molecular flexibility index (Phi) is 5.70. The van der Waals surface area contributed by atoms with Gasteiger partial charge in [-0.05, 0) is 19.1 Å². The maximum absolute atomic E-state index is 11.5. The maximum atomic E-state index is 11.5. The first-order valence-corrected chi connectivity index (χ1v) is 7.69. The molecule has 1 aromatic rings. The Morgan fingerprint density at radius 3 is 2.65 bits per heavy atom. The highest BCUT2D eigenvalue weighted by Gasteiger charge is 2.27. The van der Waals surface area contributed by atoms with Crippen LogP contribution in [0.1, 0.15) is 6.92 Å². The highest BCUT2D eigenvalue weighted by atomic mass is 32.2. The summed E-state index contributed by atoms with van der Waals surface area (Å²) in [5.74, 6) is 0.730. The quantitative estimate of drug-likeness (QED) is 0.846. The number of rotatable bonds is 5. The summed E-state index contributed by atoms with van der Waals surface area (Å²) < 4.78 is 5.27. The fraction of sp³-hybridized carbons (Fsp3) is 0.500. The molecule has 110 valence electrons. The molecule has 1 atom stereocenters. The molecule has 1 amide bonds. The minimum absolute atomic E-state index is 0.0733. The van der Waals surface area contributed by atoms with Crippen LogP contribution in [-0.4, -0.2) is 59.3 Å². The molecule has 1 fully saturated rings. The van der Waals surface area contributed by atoms with Crippen molar-refractivity contribution in [3.63, 3.8) is 0 Å². The zero-order valence-electron chi connectivity index (χ0n) is 11.6. The standard InChI is InChI=1S/C14H20N2O3S/c1-12(11-20-13-5-3-2-4-6-13)16(14(17)18)15-7-9-19-10-8-15/h2-6,12H,7-11H2,1H3,(H,17,18). The lowest BCUT2D eigenvalue weighted by atomic mass is 10.3. The topological polar surface area (TPSA) is 53.0 Å². The molecule has 1 aliphatic heterocycles. The molecule has 1 aliphatic rings. The summed E-state index contributed by atoms with van der Waals surface area (Å²) >= 11 is 1.68. The third kappa shape index (κ3) is 4.13. The van der Waals surface area contributed by atoms with Crippen LogP contribution in [0.15, 0.2) is 35.2 Å². The number of morpholine rings is 1. The van der Waals surface area contributed by atoms with Crippen molar-refractivity contribution < 1.29 is 14.6 Å². The van der Waals surface area contributed by atoms with Crippen molar-refractivity contribution in [2.24, 2.45) is 0 Å². The van der Waals surface area contributed by atoms with Crippen LogP contribution in [0.3, 0.4) is 0 Å². The number of benzene rings is 1. The van der Waals surface area contributed by atoms with Crippen LogP contribution in [0, 0.1) is 0 Å². The minimum Gasteiger partial charge on any atom is -0.464 e. The summed E-state index contributed by atoms with van der Waals surface area (Å²) in [6.07, 6.45) is -0.895. The molecule has 1 saturated heterocycles. The predicted octanol–water partition coefficient (Wildman–Crippen LogP) is 2.39. The van der Waals surface area contributed by atoms with E-state index in [1.54, 1.807) is 11.8 Å². The van der Waals surface area contributed by atoms with Gasteiger partial charge in [0.15, 0.2) is 0 Å². The number of hydrazine groups is 1. The van der Waals surface area contributed by atoms with E-state index < -0.39 is 6.09 Å². The molecule has 6 heteroatoms. The van der Waals surface area contributed by atoms with Crippen molar-refractivity contribution in [3.8, 4) is 0 Å². The lowest BCUT2D eigenvalue weighted by Crippen LogP contribution is -2.55. The summed E-state index contributed by atoms with van der Waals surface area (Å²) in [7, 11) is 0. The van der Waals surface area contributed by atoms with E-state index in [0.29, 0.717) is 26.3 Å². The molecule has 0 radical (unpaired) electrons. The third-order valence-electron chi connectivity index (χ3n) is 3.14. The van der Waals surface area contributed by atoms with Crippen LogP contribution in [0.4, 0.5) is 4.79 Å². The number of hydrogen-bond acceptors (Lipinski definition) is 4. The maximum Gasteiger partial charge on any atom is 0.422 e. The first-order valence-electron chi connectivity index (χ1n) is 6.71. The molecule has 1 heterocycles. The van der Waals surface area contributed by atoms with E-state index in [0.717, 1.165) is 10.6 Å². The number of carbonyl (C=O) groups is 1. The summed E-state index contributed by atoms with van der Waals surface area (Å²) in [5, 5.41) is 12.7. The smallest absolute Gasteiger partial charge is 0.422 e. The van der Waals surface area contributed by atoms with Gasteiger partial charge >= 0.3 is 6.09 Å². The van der Waals surface area contributed by atoms with Crippen molar-refractivity contribution in [1.29, 1.82) is 0 Å². The van der Waals surface area contributed by atoms with Gasteiger partial charge < -0.3 is 9.84 Å². The zero-order valence-corrected chi connectivity index (χ0v) is 12.4. The molecular weight excluding hydrogens is 276 g/mol. The highest BCUT2D eigenvalue weighted by molar-refractivity contribution is 7.99. The molecule has 0 aliphatic carbocycles. The van der Waals surface area contributed by atoms with Gasteiger partial charge in [0.2, 0.25) is 0 Å². The summed E-state index contributed by atoms with van der Waals surface area (Å²) in [4.78, 5) is 12.6. The van der Waals surface area contributed by atoms with Crippen molar-refractivity contribution in [1.82, 2.24) is 10.0 Å². The molecule has 1 unspecified atom stereocenters. The minimum atomic E-state index is -0.895. The lowest BCUT2D eigenvalue weighted by molar-refractivity contribution is -0.0864. The van der Waals surface area contributed by atoms with Gasteiger partial charge in [0.1, 0.15) is 0 Å². The van der Waals surface area contributed by atoms with Crippen LogP contribution in [-0.2, 0) is 4.74 Å². The second-order valence-corrected chi connectivity index (χ2v) is 5.76. The molecule has 1 aromatic carbocycles. The molecule has 20 heavy (non-hydrogen) atoms. The Hall–Kier alpha value is -1.24. The molecule has 0 spiro atoms. The van der Waals surface area contributed by atoms with Gasteiger partial charge in [0.05, 0.1) is 19.3 Å². The number of thioether (sulfide) groups is 1. The Balaban J connectivity index is 1.92. The summed E-state index contributed by atoms with van der Waals surface area (Å²) in [5.41, 5.74) is 0. The van der Waals surface area contributed by atoms with E-state index in [9.17, 15) is 9.90 Å². The van der Waals surface area contributed by atoms with Crippen LogP contribution in [0.5, 0.6) is 0 Å². The molecule has 0 saturated carbocycles. The number of carboxylic acid groups (broad SMARTS) is 1. The van der Waals surface area contributed by atoms with Crippen LogP contribution in [0.2, 0.25) is 0 Å². The monoisotopic (exact) mass is 296 g/mol. The molecular formula is C14H20N2O3S. The number of nitrogens with zero attached hydrogens (tertiary/aromatic N) is 2. The van der Waals surface area contributed by atoms with E-state index in [-0.39, 0.29) is 6.04 Å². The van der Waals surface area contributed by atoms with E-state index in [2.05, 4.69) is 0 Å². The van der Waals surface area contributed by atoms with Crippen molar-refractivity contribution in [2.45, 2.75) is 17.9 Å². The number of amides is 1. The fourth-order valence-corrected chi connectivity index (χ4v) is 3.09. The fourth-order valence-electron chi connectivity index (χ4n) is 2.16. The summed E-state index contributed by atoms with van der Waals surface area (Å²) in [6, 6.07) is 9.96. The predicted molar refractivity (Wildman–Crippen MR) is 78.9 cm³/mol. The van der Waals surface area contributed by atoms with E-state index in [4.69, 9.17) is 4.74 Å². The Labute approximate surface area is 123 Å². The molecule has 0 bridgehead atoms. The van der Waals surface area contributed by atoms with Crippen molar-refractivity contribution >= 4 is 17.9 Å². The van der Waals surface area contributed by atoms with Gasteiger partial charge in [-0.15, -0.1) is 11.8 Å². The van der Waals surface area contributed by atoms with Gasteiger partial charge in [-0.1, -0.05) is 18.2 Å². The van der Waals surface area contributed by atoms with Crippen LogP contribution < -0.4 is 0 Å². The first kappa shape index (κ1) is 15.2. The summed E-state index contributed by atoms with van der Waals surface area (Å²) in [6.45, 7) is 4.38. The van der Waals surface area contributed by atoms with E-state index >= 15 is 0 Å². The van der Waals surface area contributed by atoms with Crippen molar-refractivity contribution in [3.05, 3.63) is 30.3 Å². The lowest BCUT2D eigenvalue weighted by Gasteiger charge is -2.38. The van der Waals surface area contributed by atoms with E-state index in [1.165, 1.54) is 5.01 Å². The SMILES string of the molecule is CC(CSc1ccccc1)N(C(=O)O)N1CCOCC1.